The van der Waals surface area contributed by atoms with Crippen LogP contribution in [0.15, 0.2) is 0 Å². The zero-order valence-electron chi connectivity index (χ0n) is 11.3. The minimum Gasteiger partial charge on any atom is -0.463 e. The molecule has 1 rings (SSSR count). The molecule has 0 aromatic carbocycles. The van der Waals surface area contributed by atoms with E-state index in [2.05, 4.69) is 25.6 Å². The summed E-state index contributed by atoms with van der Waals surface area (Å²) in [6.07, 6.45) is 1.80. The van der Waals surface area contributed by atoms with Gasteiger partial charge in [0.2, 0.25) is 17.8 Å². The number of ether oxygens (including phenoxy) is 1. The Morgan fingerprint density at radius 3 is 2.42 bits per heavy atom. The molecule has 106 valence electrons. The minimum absolute atomic E-state index is 0.0373. The van der Waals surface area contributed by atoms with Crippen molar-refractivity contribution in [3.8, 4) is 6.01 Å². The molecule has 0 aliphatic heterocycles. The smallest absolute Gasteiger partial charge is 0.323 e. The van der Waals surface area contributed by atoms with Crippen molar-refractivity contribution in [1.29, 1.82) is 0 Å². The summed E-state index contributed by atoms with van der Waals surface area (Å²) in [4.78, 5) is 23.0. The maximum absolute atomic E-state index is 10.7. The summed E-state index contributed by atoms with van der Waals surface area (Å²) in [5.74, 6) is 0.188. The molecule has 0 saturated heterocycles. The first-order valence-corrected chi connectivity index (χ1v) is 6.30. The van der Waals surface area contributed by atoms with Gasteiger partial charge in [-0.2, -0.15) is 15.0 Å². The molecule has 1 amide bonds. The van der Waals surface area contributed by atoms with Crippen LogP contribution < -0.4 is 21.1 Å². The number of hydrogen-bond donors (Lipinski definition) is 3. The number of aromatic nitrogens is 3. The summed E-state index contributed by atoms with van der Waals surface area (Å²) < 4.78 is 5.36. The summed E-state index contributed by atoms with van der Waals surface area (Å²) >= 11 is 0. The average Bonchev–Trinajstić information content (AvgIpc) is 2.40. The highest BCUT2D eigenvalue weighted by molar-refractivity contribution is 5.78. The number of hydrogen-bond acceptors (Lipinski definition) is 7. The van der Waals surface area contributed by atoms with Crippen LogP contribution in [0.1, 0.15) is 26.7 Å². The summed E-state index contributed by atoms with van der Waals surface area (Å²) in [6.45, 7) is 5.25. The van der Waals surface area contributed by atoms with Crippen molar-refractivity contribution >= 4 is 17.8 Å². The van der Waals surface area contributed by atoms with Crippen molar-refractivity contribution in [2.24, 2.45) is 5.73 Å². The lowest BCUT2D eigenvalue weighted by Gasteiger charge is -2.09. The third-order valence-corrected chi connectivity index (χ3v) is 2.00. The zero-order valence-corrected chi connectivity index (χ0v) is 11.3. The van der Waals surface area contributed by atoms with Gasteiger partial charge in [-0.15, -0.1) is 0 Å². The van der Waals surface area contributed by atoms with E-state index in [0.29, 0.717) is 12.6 Å². The standard InChI is InChI=1S/C11H20N6O2/c1-3-5-13-9-15-10(14-7-8(12)18)17-11(16-9)19-6-4-2/h3-7H2,1-2H3,(H2,12,18)(H2,13,14,15,16,17). The van der Waals surface area contributed by atoms with Gasteiger partial charge in [0.25, 0.3) is 0 Å². The third-order valence-electron chi connectivity index (χ3n) is 2.00. The molecule has 0 spiro atoms. The Kier molecular flexibility index (Phi) is 6.34. The van der Waals surface area contributed by atoms with Crippen molar-refractivity contribution in [2.75, 3.05) is 30.3 Å². The van der Waals surface area contributed by atoms with Gasteiger partial charge < -0.3 is 21.1 Å². The third kappa shape index (κ3) is 5.84. The maximum Gasteiger partial charge on any atom is 0.323 e. The molecule has 1 aromatic heterocycles. The Balaban J connectivity index is 2.78. The molecule has 1 heterocycles. The van der Waals surface area contributed by atoms with Crippen LogP contribution in [0.2, 0.25) is 0 Å². The van der Waals surface area contributed by atoms with E-state index in [1.807, 2.05) is 13.8 Å². The van der Waals surface area contributed by atoms with Gasteiger partial charge in [0.15, 0.2) is 0 Å². The van der Waals surface area contributed by atoms with Crippen LogP contribution >= 0.6 is 0 Å². The summed E-state index contributed by atoms with van der Waals surface area (Å²) in [6, 6.07) is 0.224. The van der Waals surface area contributed by atoms with E-state index in [4.69, 9.17) is 10.5 Å². The largest absolute Gasteiger partial charge is 0.463 e. The lowest BCUT2D eigenvalue weighted by molar-refractivity contribution is -0.116. The Labute approximate surface area is 112 Å². The van der Waals surface area contributed by atoms with Gasteiger partial charge in [-0.3, -0.25) is 4.79 Å². The lowest BCUT2D eigenvalue weighted by Crippen LogP contribution is -2.23. The number of nitrogens with two attached hydrogens (primary N) is 1. The second-order valence-corrected chi connectivity index (χ2v) is 3.86. The van der Waals surface area contributed by atoms with Gasteiger partial charge in [0.05, 0.1) is 13.2 Å². The molecule has 19 heavy (non-hydrogen) atoms. The van der Waals surface area contributed by atoms with E-state index in [9.17, 15) is 4.79 Å². The highest BCUT2D eigenvalue weighted by atomic mass is 16.5. The van der Waals surface area contributed by atoms with Crippen molar-refractivity contribution in [2.45, 2.75) is 26.7 Å². The number of nitrogens with one attached hydrogen (secondary N) is 2. The average molecular weight is 268 g/mol. The first-order valence-electron chi connectivity index (χ1n) is 6.30. The van der Waals surface area contributed by atoms with Gasteiger partial charge in [-0.1, -0.05) is 13.8 Å². The summed E-state index contributed by atoms with van der Waals surface area (Å²) in [5, 5.41) is 5.76. The van der Waals surface area contributed by atoms with Crippen LogP contribution in [0.3, 0.4) is 0 Å². The first-order chi connectivity index (χ1) is 9.15. The van der Waals surface area contributed by atoms with E-state index in [0.717, 1.165) is 19.4 Å². The van der Waals surface area contributed by atoms with Gasteiger partial charge in [-0.25, -0.2) is 0 Å². The number of carbonyl (C=O) groups is 1. The van der Waals surface area contributed by atoms with Crippen molar-refractivity contribution in [1.82, 2.24) is 15.0 Å². The monoisotopic (exact) mass is 268 g/mol. The Morgan fingerprint density at radius 2 is 1.84 bits per heavy atom. The van der Waals surface area contributed by atoms with Crippen LogP contribution in [0, 0.1) is 0 Å². The molecule has 0 atom stereocenters. The normalized spacial score (nSPS) is 10.0. The molecule has 0 aliphatic rings. The fourth-order valence-corrected chi connectivity index (χ4v) is 1.18. The van der Waals surface area contributed by atoms with E-state index < -0.39 is 5.91 Å². The number of nitrogens with zero attached hydrogens (tertiary/aromatic N) is 3. The van der Waals surface area contributed by atoms with Crippen LogP contribution in [-0.2, 0) is 4.79 Å². The molecule has 0 fully saturated rings. The van der Waals surface area contributed by atoms with E-state index >= 15 is 0 Å². The Bertz CT molecular complexity index is 386. The number of anilines is 2. The van der Waals surface area contributed by atoms with Crippen molar-refractivity contribution in [3.05, 3.63) is 0 Å². The maximum atomic E-state index is 10.7. The van der Waals surface area contributed by atoms with Crippen LogP contribution in [0.4, 0.5) is 11.9 Å². The molecule has 8 heteroatoms. The first kappa shape index (κ1) is 14.9. The molecule has 0 aliphatic carbocycles. The molecule has 0 radical (unpaired) electrons. The van der Waals surface area contributed by atoms with E-state index in [1.54, 1.807) is 0 Å². The fraction of sp³-hybridized carbons (Fsp3) is 0.636. The molecular formula is C11H20N6O2. The Hall–Kier alpha value is -2.12. The van der Waals surface area contributed by atoms with Gasteiger partial charge in [-0.05, 0) is 12.8 Å². The highest BCUT2D eigenvalue weighted by Crippen LogP contribution is 2.11. The number of rotatable bonds is 9. The topological polar surface area (TPSA) is 115 Å². The van der Waals surface area contributed by atoms with Crippen LogP contribution in [0.25, 0.3) is 0 Å². The molecule has 4 N–H and O–H groups in total. The summed E-state index contributed by atoms with van der Waals surface area (Å²) in [5.41, 5.74) is 5.06. The fourth-order valence-electron chi connectivity index (χ4n) is 1.18. The molecule has 1 aromatic rings. The van der Waals surface area contributed by atoms with Gasteiger partial charge in [0, 0.05) is 6.54 Å². The quantitative estimate of drug-likeness (QED) is 0.593. The SMILES string of the molecule is CCCNc1nc(NCC(N)=O)nc(OCCC)n1. The molecular weight excluding hydrogens is 248 g/mol. The minimum atomic E-state index is -0.487. The Morgan fingerprint density at radius 1 is 1.16 bits per heavy atom. The van der Waals surface area contributed by atoms with Crippen LogP contribution in [0.5, 0.6) is 6.01 Å². The number of amides is 1. The molecule has 0 saturated carbocycles. The van der Waals surface area contributed by atoms with E-state index in [-0.39, 0.29) is 18.5 Å². The number of carbonyl (C=O) groups excluding carboxylic acids is 1. The second-order valence-electron chi connectivity index (χ2n) is 3.86. The predicted octanol–water partition coefficient (Wildman–Crippen LogP) is 0.380. The summed E-state index contributed by atoms with van der Waals surface area (Å²) in [7, 11) is 0. The highest BCUT2D eigenvalue weighted by Gasteiger charge is 2.07. The molecule has 0 unspecified atom stereocenters. The second kappa shape index (κ2) is 8.06. The zero-order chi connectivity index (χ0) is 14.1. The number of primary amides is 1. The lowest BCUT2D eigenvalue weighted by atomic mass is 10.5. The van der Waals surface area contributed by atoms with Crippen LogP contribution in [-0.4, -0.2) is 40.6 Å². The predicted molar refractivity (Wildman–Crippen MR) is 72.1 cm³/mol. The van der Waals surface area contributed by atoms with Gasteiger partial charge >= 0.3 is 6.01 Å². The van der Waals surface area contributed by atoms with Gasteiger partial charge in [0.1, 0.15) is 0 Å². The molecule has 0 bridgehead atoms. The van der Waals surface area contributed by atoms with Crippen molar-refractivity contribution in [3.63, 3.8) is 0 Å². The van der Waals surface area contributed by atoms with Crippen molar-refractivity contribution < 1.29 is 9.53 Å². The molecule has 8 nitrogen and oxygen atoms in total. The van der Waals surface area contributed by atoms with E-state index in [1.165, 1.54) is 0 Å².